The summed E-state index contributed by atoms with van der Waals surface area (Å²) in [5.74, 6) is -1.66. The molecule has 3 amide bonds. The lowest BCUT2D eigenvalue weighted by Crippen LogP contribution is -2.30. The van der Waals surface area contributed by atoms with Crippen LogP contribution in [-0.4, -0.2) is 22.6 Å². The Morgan fingerprint density at radius 3 is 2.32 bits per heavy atom. The van der Waals surface area contributed by atoms with E-state index in [1.165, 1.54) is 6.07 Å². The van der Waals surface area contributed by atoms with Gasteiger partial charge in [-0.2, -0.15) is 0 Å². The van der Waals surface area contributed by atoms with Crippen molar-refractivity contribution in [2.45, 2.75) is 6.54 Å². The van der Waals surface area contributed by atoms with Gasteiger partial charge in [0.15, 0.2) is 0 Å². The standard InChI is InChI=1S/C18H12Cl2N2O3/c19-13-6-4-11(5-7-13)14-15(20)18(25)22(17(14)24)9-10-2-1-3-12(8-10)16(21)23/h1-8H,9H2,(H2,21,23). The second-order valence-electron chi connectivity index (χ2n) is 5.46. The Balaban J connectivity index is 1.90. The van der Waals surface area contributed by atoms with Crippen LogP contribution in [-0.2, 0) is 16.1 Å². The van der Waals surface area contributed by atoms with E-state index >= 15 is 0 Å². The maximum absolute atomic E-state index is 12.7. The zero-order chi connectivity index (χ0) is 18.1. The van der Waals surface area contributed by atoms with Crippen molar-refractivity contribution in [3.63, 3.8) is 0 Å². The van der Waals surface area contributed by atoms with Gasteiger partial charge in [0.1, 0.15) is 5.03 Å². The number of primary amides is 1. The molecule has 126 valence electrons. The number of hydrogen-bond acceptors (Lipinski definition) is 3. The molecule has 0 unspecified atom stereocenters. The highest BCUT2D eigenvalue weighted by Gasteiger charge is 2.38. The molecule has 2 N–H and O–H groups in total. The average Bonchev–Trinajstić information content (AvgIpc) is 2.80. The molecule has 0 atom stereocenters. The number of carbonyl (C=O) groups excluding carboxylic acids is 3. The van der Waals surface area contributed by atoms with Gasteiger partial charge in [0.25, 0.3) is 11.8 Å². The fraction of sp³-hybridized carbons (Fsp3) is 0.0556. The zero-order valence-corrected chi connectivity index (χ0v) is 14.3. The topological polar surface area (TPSA) is 80.5 Å². The fourth-order valence-electron chi connectivity index (χ4n) is 2.56. The first-order chi connectivity index (χ1) is 11.9. The van der Waals surface area contributed by atoms with Crippen molar-refractivity contribution in [1.29, 1.82) is 0 Å². The number of imide groups is 1. The van der Waals surface area contributed by atoms with E-state index in [1.807, 2.05) is 0 Å². The van der Waals surface area contributed by atoms with Crippen LogP contribution < -0.4 is 5.73 Å². The maximum atomic E-state index is 12.7. The van der Waals surface area contributed by atoms with Gasteiger partial charge in [-0.25, -0.2) is 0 Å². The van der Waals surface area contributed by atoms with E-state index < -0.39 is 17.7 Å². The van der Waals surface area contributed by atoms with Gasteiger partial charge >= 0.3 is 0 Å². The van der Waals surface area contributed by atoms with Crippen molar-refractivity contribution in [2.75, 3.05) is 0 Å². The molecule has 1 heterocycles. The largest absolute Gasteiger partial charge is 0.366 e. The molecule has 2 aromatic carbocycles. The van der Waals surface area contributed by atoms with E-state index in [0.717, 1.165) is 4.90 Å². The molecule has 0 bridgehead atoms. The Morgan fingerprint density at radius 1 is 1.00 bits per heavy atom. The summed E-state index contributed by atoms with van der Waals surface area (Å²) in [5, 5.41) is 0.371. The molecule has 7 heteroatoms. The quantitative estimate of drug-likeness (QED) is 0.835. The smallest absolute Gasteiger partial charge is 0.273 e. The van der Waals surface area contributed by atoms with Crippen LogP contribution in [0.2, 0.25) is 5.02 Å². The van der Waals surface area contributed by atoms with E-state index in [2.05, 4.69) is 0 Å². The van der Waals surface area contributed by atoms with Gasteiger partial charge in [-0.05, 0) is 35.4 Å². The molecule has 1 aliphatic heterocycles. The summed E-state index contributed by atoms with van der Waals surface area (Å²) in [6.07, 6.45) is 0. The van der Waals surface area contributed by atoms with Gasteiger partial charge in [-0.15, -0.1) is 0 Å². The van der Waals surface area contributed by atoms with E-state index in [-0.39, 0.29) is 17.2 Å². The number of halogens is 2. The van der Waals surface area contributed by atoms with E-state index in [1.54, 1.807) is 42.5 Å². The third-order valence-corrected chi connectivity index (χ3v) is 4.40. The first-order valence-corrected chi connectivity index (χ1v) is 8.04. The van der Waals surface area contributed by atoms with Gasteiger partial charge in [-0.1, -0.05) is 47.5 Å². The van der Waals surface area contributed by atoms with E-state index in [9.17, 15) is 14.4 Å². The van der Waals surface area contributed by atoms with Gasteiger partial charge in [0, 0.05) is 10.6 Å². The Labute approximate surface area is 153 Å². The second-order valence-corrected chi connectivity index (χ2v) is 6.27. The predicted molar refractivity (Wildman–Crippen MR) is 94.7 cm³/mol. The van der Waals surface area contributed by atoms with Crippen LogP contribution in [0.25, 0.3) is 5.57 Å². The maximum Gasteiger partial charge on any atom is 0.273 e. The summed E-state index contributed by atoms with van der Waals surface area (Å²) < 4.78 is 0. The van der Waals surface area contributed by atoms with Gasteiger partial charge in [0.05, 0.1) is 12.1 Å². The van der Waals surface area contributed by atoms with Crippen molar-refractivity contribution >= 4 is 46.5 Å². The minimum atomic E-state index is -0.584. The van der Waals surface area contributed by atoms with E-state index in [4.69, 9.17) is 28.9 Å². The Bertz CT molecular complexity index is 920. The molecule has 1 aliphatic rings. The molecule has 5 nitrogen and oxygen atoms in total. The number of nitrogens with zero attached hydrogens (tertiary/aromatic N) is 1. The summed E-state index contributed by atoms with van der Waals surface area (Å²) >= 11 is 11.9. The van der Waals surface area contributed by atoms with Crippen LogP contribution in [0.5, 0.6) is 0 Å². The second kappa shape index (κ2) is 6.70. The number of benzene rings is 2. The Hall–Kier alpha value is -2.63. The summed E-state index contributed by atoms with van der Waals surface area (Å²) in [6, 6.07) is 12.9. The molecule has 2 aromatic rings. The van der Waals surface area contributed by atoms with E-state index in [0.29, 0.717) is 21.7 Å². The highest BCUT2D eigenvalue weighted by Crippen LogP contribution is 2.33. The summed E-state index contributed by atoms with van der Waals surface area (Å²) in [7, 11) is 0. The third kappa shape index (κ3) is 3.29. The van der Waals surface area contributed by atoms with Crippen LogP contribution in [0.1, 0.15) is 21.5 Å². The summed E-state index contributed by atoms with van der Waals surface area (Å²) in [5.41, 5.74) is 6.80. The monoisotopic (exact) mass is 374 g/mol. The average molecular weight is 375 g/mol. The molecule has 25 heavy (non-hydrogen) atoms. The van der Waals surface area contributed by atoms with Crippen LogP contribution >= 0.6 is 23.2 Å². The van der Waals surface area contributed by atoms with Crippen LogP contribution in [0.15, 0.2) is 53.6 Å². The number of hydrogen-bond donors (Lipinski definition) is 1. The molecular formula is C18H12Cl2N2O3. The Morgan fingerprint density at radius 2 is 1.68 bits per heavy atom. The molecule has 0 spiro atoms. The zero-order valence-electron chi connectivity index (χ0n) is 12.8. The van der Waals surface area contributed by atoms with Crippen LogP contribution in [0, 0.1) is 0 Å². The number of nitrogens with two attached hydrogens (primary N) is 1. The molecule has 0 aliphatic carbocycles. The molecule has 0 radical (unpaired) electrons. The number of carbonyl (C=O) groups is 3. The molecule has 0 fully saturated rings. The van der Waals surface area contributed by atoms with Crippen molar-refractivity contribution in [2.24, 2.45) is 5.73 Å². The molecular weight excluding hydrogens is 363 g/mol. The fourth-order valence-corrected chi connectivity index (χ4v) is 2.98. The molecule has 0 saturated heterocycles. The highest BCUT2D eigenvalue weighted by molar-refractivity contribution is 6.55. The molecule has 0 saturated carbocycles. The normalized spacial score (nSPS) is 14.4. The Kier molecular flexibility index (Phi) is 4.61. The van der Waals surface area contributed by atoms with Crippen molar-refractivity contribution in [3.05, 3.63) is 75.3 Å². The number of amides is 3. The molecule has 3 rings (SSSR count). The highest BCUT2D eigenvalue weighted by atomic mass is 35.5. The first-order valence-electron chi connectivity index (χ1n) is 7.29. The SMILES string of the molecule is NC(=O)c1cccc(CN2C(=O)C(Cl)=C(c3ccc(Cl)cc3)C2=O)c1. The van der Waals surface area contributed by atoms with Crippen LogP contribution in [0.3, 0.4) is 0 Å². The van der Waals surface area contributed by atoms with Crippen molar-refractivity contribution < 1.29 is 14.4 Å². The number of rotatable bonds is 4. The first kappa shape index (κ1) is 17.2. The minimum Gasteiger partial charge on any atom is -0.366 e. The lowest BCUT2D eigenvalue weighted by molar-refractivity contribution is -0.137. The van der Waals surface area contributed by atoms with Gasteiger partial charge < -0.3 is 5.73 Å². The van der Waals surface area contributed by atoms with Gasteiger partial charge in [-0.3, -0.25) is 19.3 Å². The van der Waals surface area contributed by atoms with Crippen molar-refractivity contribution in [3.8, 4) is 0 Å². The summed E-state index contributed by atoms with van der Waals surface area (Å²) in [4.78, 5) is 37.4. The molecule has 0 aromatic heterocycles. The van der Waals surface area contributed by atoms with Crippen LogP contribution in [0.4, 0.5) is 0 Å². The van der Waals surface area contributed by atoms with Crippen molar-refractivity contribution in [1.82, 2.24) is 4.90 Å². The lowest BCUT2D eigenvalue weighted by Gasteiger charge is -2.15. The third-order valence-electron chi connectivity index (χ3n) is 3.80. The van der Waals surface area contributed by atoms with Gasteiger partial charge in [0.2, 0.25) is 5.91 Å². The predicted octanol–water partition coefficient (Wildman–Crippen LogP) is 2.96. The lowest BCUT2D eigenvalue weighted by atomic mass is 10.1. The minimum absolute atomic E-state index is 0.00784. The summed E-state index contributed by atoms with van der Waals surface area (Å²) in [6.45, 7) is -0.00784.